The number of halogens is 1. The van der Waals surface area contributed by atoms with Crippen LogP contribution in [-0.4, -0.2) is 17.8 Å². The molecule has 2 atom stereocenters. The summed E-state index contributed by atoms with van der Waals surface area (Å²) in [6.07, 6.45) is 3.27. The third-order valence-electron chi connectivity index (χ3n) is 5.21. The van der Waals surface area contributed by atoms with Crippen LogP contribution in [0.5, 0.6) is 5.75 Å². The van der Waals surface area contributed by atoms with Crippen LogP contribution >= 0.6 is 11.6 Å². The minimum absolute atomic E-state index is 0.159. The van der Waals surface area contributed by atoms with Gasteiger partial charge in [0.25, 0.3) is 0 Å². The van der Waals surface area contributed by atoms with Gasteiger partial charge in [0.1, 0.15) is 5.75 Å². The molecule has 0 N–H and O–H groups in total. The molecule has 1 fully saturated rings. The maximum atomic E-state index is 12.8. The predicted molar refractivity (Wildman–Crippen MR) is 105 cm³/mol. The van der Waals surface area contributed by atoms with Gasteiger partial charge in [-0.15, -0.1) is 0 Å². The number of imide groups is 1. The van der Waals surface area contributed by atoms with Crippen molar-refractivity contribution in [2.75, 3.05) is 4.90 Å². The fourth-order valence-corrected chi connectivity index (χ4v) is 3.83. The zero-order valence-corrected chi connectivity index (χ0v) is 16.0. The monoisotopic (exact) mass is 395 g/mol. The molecule has 0 radical (unpaired) electrons. The number of carbonyl (C=O) groups is 3. The van der Waals surface area contributed by atoms with Crippen molar-refractivity contribution >= 4 is 35.1 Å². The molecule has 1 heterocycles. The summed E-state index contributed by atoms with van der Waals surface area (Å²) in [6.45, 7) is 1.99. The molecule has 0 aromatic heterocycles. The number of esters is 1. The van der Waals surface area contributed by atoms with Crippen molar-refractivity contribution in [3.8, 4) is 5.75 Å². The molecule has 2 amide bonds. The Kier molecular flexibility index (Phi) is 4.77. The third kappa shape index (κ3) is 3.34. The number of benzene rings is 2. The van der Waals surface area contributed by atoms with E-state index in [1.807, 2.05) is 13.0 Å². The Labute approximate surface area is 167 Å². The van der Waals surface area contributed by atoms with E-state index in [4.69, 9.17) is 16.3 Å². The third-order valence-corrected chi connectivity index (χ3v) is 5.46. The van der Waals surface area contributed by atoms with Crippen LogP contribution in [-0.2, 0) is 9.59 Å². The molecule has 2 aromatic carbocycles. The summed E-state index contributed by atoms with van der Waals surface area (Å²) < 4.78 is 5.34. The van der Waals surface area contributed by atoms with Crippen LogP contribution < -0.4 is 9.64 Å². The van der Waals surface area contributed by atoms with Gasteiger partial charge < -0.3 is 4.74 Å². The summed E-state index contributed by atoms with van der Waals surface area (Å²) in [4.78, 5) is 38.9. The quantitative estimate of drug-likeness (QED) is 0.334. The van der Waals surface area contributed by atoms with Crippen molar-refractivity contribution in [1.82, 2.24) is 0 Å². The van der Waals surface area contributed by atoms with Gasteiger partial charge in [0.15, 0.2) is 0 Å². The van der Waals surface area contributed by atoms with E-state index >= 15 is 0 Å². The Morgan fingerprint density at radius 2 is 1.64 bits per heavy atom. The minimum Gasteiger partial charge on any atom is -0.423 e. The number of allylic oxidation sites excluding steroid dienone is 2. The smallest absolute Gasteiger partial charge is 0.343 e. The standard InChI is InChI=1S/C22H18ClNO4/c1-13-2-11-18-19(12-13)21(26)24(20(18)25)16-7-9-17(10-8-16)28-22(27)14-3-5-15(23)6-4-14/h2-10,18-19H,11-12H2,1H3/t18-,19+/m1/s1. The van der Waals surface area contributed by atoms with Crippen molar-refractivity contribution in [2.24, 2.45) is 11.8 Å². The Morgan fingerprint density at radius 3 is 2.32 bits per heavy atom. The molecule has 5 nitrogen and oxygen atoms in total. The Morgan fingerprint density at radius 1 is 1.00 bits per heavy atom. The van der Waals surface area contributed by atoms with Gasteiger partial charge in [-0.1, -0.05) is 23.3 Å². The van der Waals surface area contributed by atoms with E-state index in [-0.39, 0.29) is 23.7 Å². The van der Waals surface area contributed by atoms with Crippen molar-refractivity contribution < 1.29 is 19.1 Å². The number of nitrogens with zero attached hydrogens (tertiary/aromatic N) is 1. The SMILES string of the molecule is CC1=CC[C@H]2C(=O)N(c3ccc(OC(=O)c4ccc(Cl)cc4)cc3)C(=O)[C@H]2C1. The van der Waals surface area contributed by atoms with E-state index < -0.39 is 5.97 Å². The summed E-state index contributed by atoms with van der Waals surface area (Å²) in [6, 6.07) is 12.8. The van der Waals surface area contributed by atoms with Gasteiger partial charge in [0, 0.05) is 5.02 Å². The second-order valence-corrected chi connectivity index (χ2v) is 7.54. The minimum atomic E-state index is -0.509. The average Bonchev–Trinajstić information content (AvgIpc) is 2.93. The lowest BCUT2D eigenvalue weighted by Crippen LogP contribution is -2.30. The zero-order chi connectivity index (χ0) is 19.8. The lowest BCUT2D eigenvalue weighted by molar-refractivity contribution is -0.122. The first kappa shape index (κ1) is 18.4. The molecular weight excluding hydrogens is 378 g/mol. The normalized spacial score (nSPS) is 21.4. The van der Waals surface area contributed by atoms with E-state index in [0.717, 1.165) is 5.57 Å². The van der Waals surface area contributed by atoms with E-state index in [1.165, 1.54) is 4.90 Å². The Bertz CT molecular complexity index is 979. The zero-order valence-electron chi connectivity index (χ0n) is 15.2. The van der Waals surface area contributed by atoms with E-state index in [2.05, 4.69) is 0 Å². The van der Waals surface area contributed by atoms with Crippen LogP contribution in [0.1, 0.15) is 30.1 Å². The van der Waals surface area contributed by atoms with Gasteiger partial charge in [-0.2, -0.15) is 0 Å². The highest BCUT2D eigenvalue weighted by molar-refractivity contribution is 6.30. The first-order valence-electron chi connectivity index (χ1n) is 9.05. The fraction of sp³-hybridized carbons (Fsp3) is 0.227. The molecule has 0 saturated carbocycles. The highest BCUT2D eigenvalue weighted by atomic mass is 35.5. The maximum absolute atomic E-state index is 12.8. The van der Waals surface area contributed by atoms with Gasteiger partial charge in [-0.3, -0.25) is 14.5 Å². The summed E-state index contributed by atoms with van der Waals surface area (Å²) in [7, 11) is 0. The number of fused-ring (bicyclic) bond motifs is 1. The van der Waals surface area contributed by atoms with Crippen molar-refractivity contribution in [2.45, 2.75) is 19.8 Å². The Hall–Kier alpha value is -2.92. The van der Waals surface area contributed by atoms with Crippen LogP contribution in [0.2, 0.25) is 5.02 Å². The van der Waals surface area contributed by atoms with Crippen LogP contribution in [0, 0.1) is 11.8 Å². The van der Waals surface area contributed by atoms with Gasteiger partial charge in [-0.25, -0.2) is 4.79 Å². The maximum Gasteiger partial charge on any atom is 0.343 e. The van der Waals surface area contributed by atoms with Crippen LogP contribution in [0.25, 0.3) is 0 Å². The average molecular weight is 396 g/mol. The number of hydrogen-bond acceptors (Lipinski definition) is 4. The van der Waals surface area contributed by atoms with Crippen LogP contribution in [0.4, 0.5) is 5.69 Å². The number of hydrogen-bond donors (Lipinski definition) is 0. The van der Waals surface area contributed by atoms with Crippen molar-refractivity contribution in [3.63, 3.8) is 0 Å². The topological polar surface area (TPSA) is 63.7 Å². The van der Waals surface area contributed by atoms with Crippen LogP contribution in [0.3, 0.4) is 0 Å². The second-order valence-electron chi connectivity index (χ2n) is 7.11. The number of anilines is 1. The van der Waals surface area contributed by atoms with Crippen molar-refractivity contribution in [3.05, 3.63) is 70.8 Å². The molecule has 0 bridgehead atoms. The molecule has 0 unspecified atom stereocenters. The molecule has 6 heteroatoms. The summed E-state index contributed by atoms with van der Waals surface area (Å²) in [5.41, 5.74) is 2.02. The molecule has 142 valence electrons. The van der Waals surface area contributed by atoms with E-state index in [9.17, 15) is 14.4 Å². The predicted octanol–water partition coefficient (Wildman–Crippen LogP) is 4.40. The molecule has 1 aliphatic carbocycles. The Balaban J connectivity index is 1.49. The van der Waals surface area contributed by atoms with Crippen LogP contribution in [0.15, 0.2) is 60.2 Å². The van der Waals surface area contributed by atoms with Gasteiger partial charge in [-0.05, 0) is 68.3 Å². The first-order chi connectivity index (χ1) is 13.4. The van der Waals surface area contributed by atoms with Gasteiger partial charge >= 0.3 is 5.97 Å². The summed E-state index contributed by atoms with van der Waals surface area (Å²) in [5, 5.41) is 0.534. The summed E-state index contributed by atoms with van der Waals surface area (Å²) >= 11 is 5.82. The number of rotatable bonds is 3. The molecule has 0 spiro atoms. The highest BCUT2D eigenvalue weighted by Crippen LogP contribution is 2.40. The van der Waals surface area contributed by atoms with E-state index in [0.29, 0.717) is 34.9 Å². The first-order valence-corrected chi connectivity index (χ1v) is 9.43. The lowest BCUT2D eigenvalue weighted by Gasteiger charge is -2.18. The molecule has 28 heavy (non-hydrogen) atoms. The highest BCUT2D eigenvalue weighted by Gasteiger charge is 2.48. The fourth-order valence-electron chi connectivity index (χ4n) is 3.71. The summed E-state index contributed by atoms with van der Waals surface area (Å²) in [5.74, 6) is -1.06. The molecular formula is C22H18ClNO4. The molecule has 1 aliphatic heterocycles. The molecule has 2 aromatic rings. The second kappa shape index (κ2) is 7.24. The largest absolute Gasteiger partial charge is 0.423 e. The number of amides is 2. The molecule has 1 saturated heterocycles. The van der Waals surface area contributed by atoms with Gasteiger partial charge in [0.05, 0.1) is 23.1 Å². The lowest BCUT2D eigenvalue weighted by atomic mass is 9.82. The van der Waals surface area contributed by atoms with E-state index in [1.54, 1.807) is 48.5 Å². The molecule has 2 aliphatic rings. The van der Waals surface area contributed by atoms with Gasteiger partial charge in [0.2, 0.25) is 11.8 Å². The number of ether oxygens (including phenoxy) is 1. The molecule has 4 rings (SSSR count). The number of carbonyl (C=O) groups excluding carboxylic acids is 3. The van der Waals surface area contributed by atoms with Crippen molar-refractivity contribution in [1.29, 1.82) is 0 Å².